The van der Waals surface area contributed by atoms with Gasteiger partial charge < -0.3 is 10.2 Å². The van der Waals surface area contributed by atoms with Crippen LogP contribution >= 0.6 is 0 Å². The number of benzene rings is 1. The van der Waals surface area contributed by atoms with Crippen molar-refractivity contribution >= 4 is 17.9 Å². The van der Waals surface area contributed by atoms with Crippen LogP contribution in [0.3, 0.4) is 0 Å². The van der Waals surface area contributed by atoms with E-state index in [1.54, 1.807) is 53.7 Å². The highest BCUT2D eigenvalue weighted by molar-refractivity contribution is 6.05. The van der Waals surface area contributed by atoms with Gasteiger partial charge in [0, 0.05) is 31.0 Å². The summed E-state index contributed by atoms with van der Waals surface area (Å²) in [5.74, 6) is -0.528. The monoisotopic (exact) mass is 323 g/mol. The van der Waals surface area contributed by atoms with Crippen molar-refractivity contribution in [2.75, 3.05) is 13.1 Å². The van der Waals surface area contributed by atoms with Crippen LogP contribution in [-0.4, -0.2) is 34.8 Å². The molecule has 0 unspecified atom stereocenters. The van der Waals surface area contributed by atoms with E-state index >= 15 is 0 Å². The molecular formula is C19H21N3O2. The fourth-order valence-electron chi connectivity index (χ4n) is 2.24. The molecule has 0 atom stereocenters. The molecule has 2 aromatic rings. The van der Waals surface area contributed by atoms with Gasteiger partial charge in [0.1, 0.15) is 5.70 Å². The molecule has 0 spiro atoms. The number of hydrogen-bond acceptors (Lipinski definition) is 3. The summed E-state index contributed by atoms with van der Waals surface area (Å²) in [6.07, 6.45) is 4.95. The smallest absolute Gasteiger partial charge is 0.270 e. The third-order valence-corrected chi connectivity index (χ3v) is 3.56. The summed E-state index contributed by atoms with van der Waals surface area (Å²) in [6.45, 7) is 4.95. The largest absolute Gasteiger partial charge is 0.338 e. The molecule has 5 nitrogen and oxygen atoms in total. The maximum atomic E-state index is 12.7. The van der Waals surface area contributed by atoms with Crippen molar-refractivity contribution in [1.29, 1.82) is 0 Å². The number of carbonyl (C=O) groups is 2. The third-order valence-electron chi connectivity index (χ3n) is 3.56. The lowest BCUT2D eigenvalue weighted by Crippen LogP contribution is -2.38. The van der Waals surface area contributed by atoms with Crippen molar-refractivity contribution < 1.29 is 9.59 Å². The summed E-state index contributed by atoms with van der Waals surface area (Å²) in [4.78, 5) is 30.8. The first-order valence-electron chi connectivity index (χ1n) is 7.93. The van der Waals surface area contributed by atoms with Crippen LogP contribution in [0.1, 0.15) is 29.8 Å². The maximum Gasteiger partial charge on any atom is 0.270 e. The number of nitrogens with zero attached hydrogens (tertiary/aromatic N) is 2. The molecule has 1 aromatic heterocycles. The van der Waals surface area contributed by atoms with Gasteiger partial charge >= 0.3 is 0 Å². The second-order valence-electron chi connectivity index (χ2n) is 5.14. The molecule has 1 aromatic carbocycles. The van der Waals surface area contributed by atoms with Gasteiger partial charge in [-0.25, -0.2) is 0 Å². The zero-order valence-corrected chi connectivity index (χ0v) is 13.9. The van der Waals surface area contributed by atoms with E-state index in [-0.39, 0.29) is 17.5 Å². The Morgan fingerprint density at radius 3 is 2.38 bits per heavy atom. The first-order valence-corrected chi connectivity index (χ1v) is 7.93. The van der Waals surface area contributed by atoms with Crippen LogP contribution in [-0.2, 0) is 4.79 Å². The molecule has 0 bridgehead atoms. The summed E-state index contributed by atoms with van der Waals surface area (Å²) in [6, 6.07) is 12.4. The number of hydrogen-bond donors (Lipinski definition) is 1. The first-order chi connectivity index (χ1) is 11.7. The molecule has 5 heteroatoms. The number of rotatable bonds is 6. The molecule has 0 saturated heterocycles. The van der Waals surface area contributed by atoms with E-state index in [0.29, 0.717) is 18.7 Å². The van der Waals surface area contributed by atoms with Crippen LogP contribution in [0.4, 0.5) is 0 Å². The fraction of sp³-hybridized carbons (Fsp3) is 0.211. The highest BCUT2D eigenvalue weighted by Gasteiger charge is 2.18. The Morgan fingerprint density at radius 1 is 1.08 bits per heavy atom. The second-order valence-corrected chi connectivity index (χ2v) is 5.14. The minimum Gasteiger partial charge on any atom is -0.338 e. The Balaban J connectivity index is 2.31. The molecule has 124 valence electrons. The van der Waals surface area contributed by atoms with Crippen molar-refractivity contribution in [2.45, 2.75) is 13.8 Å². The second kappa shape index (κ2) is 8.62. The van der Waals surface area contributed by atoms with Gasteiger partial charge in [0.2, 0.25) is 0 Å². The molecule has 0 aliphatic carbocycles. The maximum absolute atomic E-state index is 12.7. The van der Waals surface area contributed by atoms with Crippen LogP contribution in [0, 0.1) is 0 Å². The van der Waals surface area contributed by atoms with Gasteiger partial charge in [0.25, 0.3) is 11.8 Å². The lowest BCUT2D eigenvalue weighted by Gasteiger charge is -2.21. The molecule has 0 fully saturated rings. The van der Waals surface area contributed by atoms with E-state index in [1.807, 2.05) is 26.0 Å². The van der Waals surface area contributed by atoms with Gasteiger partial charge in [0.05, 0.1) is 0 Å². The van der Waals surface area contributed by atoms with Crippen molar-refractivity contribution in [3.05, 3.63) is 71.7 Å². The van der Waals surface area contributed by atoms with Gasteiger partial charge in [-0.05, 0) is 43.7 Å². The van der Waals surface area contributed by atoms with Crippen LogP contribution in [0.25, 0.3) is 6.08 Å². The standard InChI is InChI=1S/C19H21N3O2/c1-3-22(4-2)19(24)17(13-15-9-8-12-20-14-15)21-18(23)16-10-6-5-7-11-16/h5-14H,3-4H2,1-2H3,(H,21,23)/b17-13+. The number of nitrogens with one attached hydrogen (secondary N) is 1. The number of amides is 2. The highest BCUT2D eigenvalue weighted by Crippen LogP contribution is 2.09. The third kappa shape index (κ3) is 4.52. The number of pyridine rings is 1. The van der Waals surface area contributed by atoms with Gasteiger partial charge in [-0.1, -0.05) is 24.3 Å². The zero-order valence-electron chi connectivity index (χ0n) is 13.9. The number of aromatic nitrogens is 1. The van der Waals surface area contributed by atoms with Crippen molar-refractivity contribution in [2.24, 2.45) is 0 Å². The van der Waals surface area contributed by atoms with Crippen molar-refractivity contribution in [3.63, 3.8) is 0 Å². The molecule has 1 N–H and O–H groups in total. The van der Waals surface area contributed by atoms with Crippen LogP contribution in [0.2, 0.25) is 0 Å². The molecule has 1 heterocycles. The molecule has 0 aliphatic rings. The summed E-state index contributed by atoms with van der Waals surface area (Å²) < 4.78 is 0. The van der Waals surface area contributed by atoms with Gasteiger partial charge in [-0.3, -0.25) is 14.6 Å². The molecule has 0 saturated carbocycles. The van der Waals surface area contributed by atoms with Crippen molar-refractivity contribution in [3.8, 4) is 0 Å². The Morgan fingerprint density at radius 2 is 1.79 bits per heavy atom. The van der Waals surface area contributed by atoms with E-state index in [2.05, 4.69) is 10.3 Å². The summed E-state index contributed by atoms with van der Waals surface area (Å²) in [5, 5.41) is 2.73. The predicted octanol–water partition coefficient (Wildman–Crippen LogP) is 2.72. The Kier molecular flexibility index (Phi) is 6.25. The minimum atomic E-state index is -0.314. The van der Waals surface area contributed by atoms with Gasteiger partial charge in [0.15, 0.2) is 0 Å². The zero-order chi connectivity index (χ0) is 17.4. The molecule has 0 aliphatic heterocycles. The van der Waals surface area contributed by atoms with Gasteiger partial charge in [-0.2, -0.15) is 0 Å². The van der Waals surface area contributed by atoms with Crippen LogP contribution in [0.5, 0.6) is 0 Å². The van der Waals surface area contributed by atoms with E-state index in [4.69, 9.17) is 0 Å². The van der Waals surface area contributed by atoms with Crippen LogP contribution in [0.15, 0.2) is 60.6 Å². The average molecular weight is 323 g/mol. The molecule has 2 rings (SSSR count). The minimum absolute atomic E-state index is 0.215. The number of carbonyl (C=O) groups excluding carboxylic acids is 2. The first kappa shape index (κ1) is 17.4. The van der Waals surface area contributed by atoms with E-state index in [9.17, 15) is 9.59 Å². The Hall–Kier alpha value is -2.95. The molecule has 2 amide bonds. The predicted molar refractivity (Wildman–Crippen MR) is 94.1 cm³/mol. The average Bonchev–Trinajstić information content (AvgIpc) is 2.63. The summed E-state index contributed by atoms with van der Waals surface area (Å²) >= 11 is 0. The van der Waals surface area contributed by atoms with Crippen molar-refractivity contribution in [1.82, 2.24) is 15.2 Å². The van der Waals surface area contributed by atoms with E-state index < -0.39 is 0 Å². The van der Waals surface area contributed by atoms with E-state index in [1.165, 1.54) is 0 Å². The van der Waals surface area contributed by atoms with E-state index in [0.717, 1.165) is 5.56 Å². The summed E-state index contributed by atoms with van der Waals surface area (Å²) in [7, 11) is 0. The lowest BCUT2D eigenvalue weighted by molar-refractivity contribution is -0.127. The quantitative estimate of drug-likeness (QED) is 0.832. The van der Waals surface area contributed by atoms with Crippen LogP contribution < -0.4 is 5.32 Å². The number of likely N-dealkylation sites (N-methyl/N-ethyl adjacent to an activating group) is 1. The Bertz CT molecular complexity index is 708. The van der Waals surface area contributed by atoms with Gasteiger partial charge in [-0.15, -0.1) is 0 Å². The molecular weight excluding hydrogens is 302 g/mol. The lowest BCUT2D eigenvalue weighted by atomic mass is 10.2. The molecule has 0 radical (unpaired) electrons. The topological polar surface area (TPSA) is 62.3 Å². The normalized spacial score (nSPS) is 11.0. The molecule has 24 heavy (non-hydrogen) atoms. The fourth-order valence-corrected chi connectivity index (χ4v) is 2.24. The highest BCUT2D eigenvalue weighted by atomic mass is 16.2. The SMILES string of the molecule is CCN(CC)C(=O)/C(=C\c1cccnc1)NC(=O)c1ccccc1. The Labute approximate surface area is 142 Å². The summed E-state index contributed by atoms with van der Waals surface area (Å²) in [5.41, 5.74) is 1.49.